The van der Waals surface area contributed by atoms with Gasteiger partial charge in [-0.25, -0.2) is 12.8 Å². The molecule has 0 radical (unpaired) electrons. The standard InChI is InChI=1S/C18H15FN2O4S/c1-11-15(8-12-3-2-4-13(19)7-12)17(22)21(18(23)16(11)9-20)14-5-6-26(24,25)10-14/h2-4,7-8,14H,5-6,10H2,1H3. The zero-order valence-corrected chi connectivity index (χ0v) is 14.7. The monoisotopic (exact) mass is 374 g/mol. The number of nitrogens with zero attached hydrogens (tertiary/aromatic N) is 2. The van der Waals surface area contributed by atoms with E-state index in [1.165, 1.54) is 31.2 Å². The molecule has 1 fully saturated rings. The fraction of sp³-hybridized carbons (Fsp3) is 0.278. The first-order chi connectivity index (χ1) is 12.2. The van der Waals surface area contributed by atoms with E-state index in [4.69, 9.17) is 0 Å². The van der Waals surface area contributed by atoms with Crippen LogP contribution in [0.1, 0.15) is 18.9 Å². The first-order valence-corrected chi connectivity index (χ1v) is 9.72. The average Bonchev–Trinajstić information content (AvgIpc) is 2.92. The van der Waals surface area contributed by atoms with Crippen molar-refractivity contribution < 1.29 is 22.4 Å². The summed E-state index contributed by atoms with van der Waals surface area (Å²) in [5.41, 5.74) is 0.467. The van der Waals surface area contributed by atoms with Crippen molar-refractivity contribution in [2.24, 2.45) is 0 Å². The first-order valence-electron chi connectivity index (χ1n) is 7.90. The number of amides is 2. The van der Waals surface area contributed by atoms with Crippen LogP contribution < -0.4 is 0 Å². The second-order valence-corrected chi connectivity index (χ2v) is 8.49. The highest BCUT2D eigenvalue weighted by atomic mass is 32.2. The van der Waals surface area contributed by atoms with Crippen LogP contribution in [0.2, 0.25) is 0 Å². The van der Waals surface area contributed by atoms with Crippen LogP contribution in [0.4, 0.5) is 4.39 Å². The van der Waals surface area contributed by atoms with Crippen LogP contribution in [-0.4, -0.2) is 42.7 Å². The van der Waals surface area contributed by atoms with E-state index in [1.807, 2.05) is 0 Å². The first kappa shape index (κ1) is 18.0. The van der Waals surface area contributed by atoms with Gasteiger partial charge in [0.05, 0.1) is 17.5 Å². The Kier molecular flexibility index (Phi) is 4.50. The average molecular weight is 374 g/mol. The Morgan fingerprint density at radius 3 is 2.62 bits per heavy atom. The normalized spacial score (nSPS) is 24.3. The minimum Gasteiger partial charge on any atom is -0.270 e. The van der Waals surface area contributed by atoms with Crippen LogP contribution in [-0.2, 0) is 19.4 Å². The third-order valence-corrected chi connectivity index (χ3v) is 6.26. The van der Waals surface area contributed by atoms with Crippen molar-refractivity contribution in [3.8, 4) is 6.07 Å². The quantitative estimate of drug-likeness (QED) is 0.579. The molecule has 0 bridgehead atoms. The number of hydrogen-bond donors (Lipinski definition) is 0. The number of carbonyl (C=O) groups is 2. The third-order valence-electron chi connectivity index (χ3n) is 4.51. The van der Waals surface area contributed by atoms with Crippen molar-refractivity contribution in [3.63, 3.8) is 0 Å². The maximum absolute atomic E-state index is 13.4. The lowest BCUT2D eigenvalue weighted by Gasteiger charge is -2.31. The van der Waals surface area contributed by atoms with Gasteiger partial charge in [-0.1, -0.05) is 12.1 Å². The lowest BCUT2D eigenvalue weighted by molar-refractivity contribution is -0.142. The molecule has 1 aromatic rings. The number of benzene rings is 1. The number of hydrogen-bond acceptors (Lipinski definition) is 5. The molecule has 1 aromatic carbocycles. The Labute approximate surface area is 150 Å². The minimum atomic E-state index is -3.33. The number of imide groups is 1. The summed E-state index contributed by atoms with van der Waals surface area (Å²) in [4.78, 5) is 26.3. The molecule has 26 heavy (non-hydrogen) atoms. The molecule has 1 saturated heterocycles. The number of rotatable bonds is 2. The van der Waals surface area contributed by atoms with E-state index in [0.29, 0.717) is 5.56 Å². The molecule has 134 valence electrons. The maximum Gasteiger partial charge on any atom is 0.271 e. The van der Waals surface area contributed by atoms with Gasteiger partial charge in [-0.2, -0.15) is 5.26 Å². The molecule has 6 nitrogen and oxygen atoms in total. The molecule has 8 heteroatoms. The molecular weight excluding hydrogens is 359 g/mol. The lowest BCUT2D eigenvalue weighted by Crippen LogP contribution is -2.49. The molecule has 0 saturated carbocycles. The molecule has 0 aliphatic carbocycles. The topological polar surface area (TPSA) is 95.3 Å². The van der Waals surface area contributed by atoms with Gasteiger partial charge in [-0.05, 0) is 42.7 Å². The molecule has 2 aliphatic heterocycles. The fourth-order valence-corrected chi connectivity index (χ4v) is 4.87. The summed E-state index contributed by atoms with van der Waals surface area (Å²) in [6, 6.07) is 6.54. The zero-order valence-electron chi connectivity index (χ0n) is 13.9. The van der Waals surface area contributed by atoms with Gasteiger partial charge in [-0.15, -0.1) is 0 Å². The van der Waals surface area contributed by atoms with Gasteiger partial charge >= 0.3 is 0 Å². The van der Waals surface area contributed by atoms with Crippen LogP contribution >= 0.6 is 0 Å². The SMILES string of the molecule is CC1=C(C#N)C(=O)N(C2CCS(=O)(=O)C2)C(=O)C1=Cc1cccc(F)c1. The third kappa shape index (κ3) is 3.18. The van der Waals surface area contributed by atoms with Gasteiger partial charge in [0.25, 0.3) is 11.8 Å². The van der Waals surface area contributed by atoms with Crippen molar-refractivity contribution in [3.05, 3.63) is 52.4 Å². The Bertz CT molecular complexity index is 1020. The smallest absolute Gasteiger partial charge is 0.270 e. The van der Waals surface area contributed by atoms with Crippen LogP contribution in [0, 0.1) is 17.1 Å². The van der Waals surface area contributed by atoms with Crippen molar-refractivity contribution in [1.29, 1.82) is 5.26 Å². The molecule has 0 N–H and O–H groups in total. The van der Waals surface area contributed by atoms with Gasteiger partial charge in [0.15, 0.2) is 9.84 Å². The van der Waals surface area contributed by atoms with Crippen LogP contribution in [0.25, 0.3) is 6.08 Å². The Morgan fingerprint density at radius 1 is 1.31 bits per heavy atom. The van der Waals surface area contributed by atoms with Gasteiger partial charge < -0.3 is 0 Å². The molecular formula is C18H15FN2O4S. The molecule has 2 aliphatic rings. The zero-order chi connectivity index (χ0) is 19.1. The van der Waals surface area contributed by atoms with E-state index in [2.05, 4.69) is 0 Å². The van der Waals surface area contributed by atoms with Gasteiger partial charge in [0, 0.05) is 5.57 Å². The van der Waals surface area contributed by atoms with Gasteiger partial charge in [-0.3, -0.25) is 14.5 Å². The van der Waals surface area contributed by atoms with E-state index in [0.717, 1.165) is 4.90 Å². The molecule has 1 atom stereocenters. The molecule has 1 unspecified atom stereocenters. The molecule has 2 heterocycles. The van der Waals surface area contributed by atoms with E-state index in [9.17, 15) is 27.7 Å². The Hall–Kier alpha value is -2.79. The number of nitriles is 1. The highest BCUT2D eigenvalue weighted by molar-refractivity contribution is 7.91. The van der Waals surface area contributed by atoms with Crippen molar-refractivity contribution >= 4 is 27.7 Å². The predicted molar refractivity (Wildman–Crippen MR) is 91.6 cm³/mol. The van der Waals surface area contributed by atoms with E-state index < -0.39 is 33.5 Å². The number of halogens is 1. The van der Waals surface area contributed by atoms with Crippen LogP contribution in [0.3, 0.4) is 0 Å². The van der Waals surface area contributed by atoms with Crippen molar-refractivity contribution in [1.82, 2.24) is 4.90 Å². The summed E-state index contributed by atoms with van der Waals surface area (Å²) in [7, 11) is -3.33. The maximum atomic E-state index is 13.4. The van der Waals surface area contributed by atoms with E-state index in [1.54, 1.807) is 12.1 Å². The minimum absolute atomic E-state index is 0.0797. The summed E-state index contributed by atoms with van der Waals surface area (Å²) in [5, 5.41) is 9.34. The summed E-state index contributed by atoms with van der Waals surface area (Å²) in [6.07, 6.45) is 1.55. The van der Waals surface area contributed by atoms with Crippen molar-refractivity contribution in [2.75, 3.05) is 11.5 Å². The predicted octanol–water partition coefficient (Wildman–Crippen LogP) is 1.61. The van der Waals surface area contributed by atoms with Crippen LogP contribution in [0.5, 0.6) is 0 Å². The van der Waals surface area contributed by atoms with E-state index in [-0.39, 0.29) is 34.6 Å². The number of sulfone groups is 1. The second-order valence-electron chi connectivity index (χ2n) is 6.26. The summed E-state index contributed by atoms with van der Waals surface area (Å²) >= 11 is 0. The largest absolute Gasteiger partial charge is 0.271 e. The van der Waals surface area contributed by atoms with E-state index >= 15 is 0 Å². The summed E-state index contributed by atoms with van der Waals surface area (Å²) in [5.74, 6) is -2.36. The molecule has 3 rings (SSSR count). The molecule has 2 amide bonds. The molecule has 0 spiro atoms. The summed E-state index contributed by atoms with van der Waals surface area (Å²) < 4.78 is 36.9. The Balaban J connectivity index is 2.10. The molecule has 0 aromatic heterocycles. The summed E-state index contributed by atoms with van der Waals surface area (Å²) in [6.45, 7) is 1.47. The van der Waals surface area contributed by atoms with Crippen molar-refractivity contribution in [2.45, 2.75) is 19.4 Å². The highest BCUT2D eigenvalue weighted by Gasteiger charge is 2.43. The van der Waals surface area contributed by atoms with Gasteiger partial charge in [0.1, 0.15) is 17.5 Å². The Morgan fingerprint density at radius 2 is 2.04 bits per heavy atom. The lowest BCUT2D eigenvalue weighted by atomic mass is 9.92. The second kappa shape index (κ2) is 6.50. The number of carbonyl (C=O) groups excluding carboxylic acids is 2. The van der Waals surface area contributed by atoms with Crippen LogP contribution in [0.15, 0.2) is 41.0 Å². The van der Waals surface area contributed by atoms with Gasteiger partial charge in [0.2, 0.25) is 0 Å². The highest BCUT2D eigenvalue weighted by Crippen LogP contribution is 2.31. The fourth-order valence-electron chi connectivity index (χ4n) is 3.17.